The second-order valence-electron chi connectivity index (χ2n) is 3.77. The minimum atomic E-state index is -1.27. The molecule has 88 valence electrons. The molecule has 1 amide bonds. The van der Waals surface area contributed by atoms with Crippen molar-refractivity contribution in [1.29, 1.82) is 0 Å². The van der Waals surface area contributed by atoms with Gasteiger partial charge >= 0.3 is 5.97 Å². The SMILES string of the molecule is CCN(C(=O)c1cn[nH]n1)C(C)(C)C(=O)O. The van der Waals surface area contributed by atoms with Gasteiger partial charge in [-0.25, -0.2) is 4.79 Å². The highest BCUT2D eigenvalue weighted by Crippen LogP contribution is 2.16. The zero-order chi connectivity index (χ0) is 12.3. The third-order valence-electron chi connectivity index (χ3n) is 2.39. The predicted molar refractivity (Wildman–Crippen MR) is 54.8 cm³/mol. The summed E-state index contributed by atoms with van der Waals surface area (Å²) < 4.78 is 0. The minimum absolute atomic E-state index is 0.108. The van der Waals surface area contributed by atoms with Gasteiger partial charge in [0.05, 0.1) is 6.20 Å². The summed E-state index contributed by atoms with van der Waals surface area (Å²) in [6.07, 6.45) is 1.27. The van der Waals surface area contributed by atoms with Crippen LogP contribution < -0.4 is 0 Å². The summed E-state index contributed by atoms with van der Waals surface area (Å²) >= 11 is 0. The maximum absolute atomic E-state index is 11.9. The Labute approximate surface area is 92.4 Å². The molecule has 0 saturated heterocycles. The highest BCUT2D eigenvalue weighted by Gasteiger charge is 2.37. The third kappa shape index (κ3) is 2.02. The number of nitrogens with one attached hydrogen (secondary N) is 1. The number of H-pyrrole nitrogens is 1. The van der Waals surface area contributed by atoms with Gasteiger partial charge in [0, 0.05) is 6.54 Å². The van der Waals surface area contributed by atoms with Gasteiger partial charge in [-0.1, -0.05) is 0 Å². The first-order valence-electron chi connectivity index (χ1n) is 4.82. The highest BCUT2D eigenvalue weighted by atomic mass is 16.4. The van der Waals surface area contributed by atoms with Crippen molar-refractivity contribution in [3.63, 3.8) is 0 Å². The van der Waals surface area contributed by atoms with Gasteiger partial charge in [0.2, 0.25) is 0 Å². The zero-order valence-corrected chi connectivity index (χ0v) is 9.39. The van der Waals surface area contributed by atoms with Gasteiger partial charge in [-0.05, 0) is 20.8 Å². The number of rotatable bonds is 4. The lowest BCUT2D eigenvalue weighted by molar-refractivity contribution is -0.147. The van der Waals surface area contributed by atoms with Crippen molar-refractivity contribution in [2.24, 2.45) is 0 Å². The van der Waals surface area contributed by atoms with E-state index in [1.54, 1.807) is 6.92 Å². The topological polar surface area (TPSA) is 99.2 Å². The normalized spacial score (nSPS) is 11.2. The van der Waals surface area contributed by atoms with Crippen LogP contribution in [0.15, 0.2) is 6.20 Å². The molecule has 0 fully saturated rings. The van der Waals surface area contributed by atoms with Crippen LogP contribution in [0.4, 0.5) is 0 Å². The summed E-state index contributed by atoms with van der Waals surface area (Å²) in [5.74, 6) is -1.52. The number of aromatic nitrogens is 3. The number of amides is 1. The molecule has 0 aliphatic carbocycles. The molecule has 1 rings (SSSR count). The summed E-state index contributed by atoms with van der Waals surface area (Å²) in [6.45, 7) is 4.93. The molecule has 0 aliphatic heterocycles. The summed E-state index contributed by atoms with van der Waals surface area (Å²) in [6, 6.07) is 0. The van der Waals surface area contributed by atoms with Crippen molar-refractivity contribution in [3.05, 3.63) is 11.9 Å². The lowest BCUT2D eigenvalue weighted by atomic mass is 10.0. The average Bonchev–Trinajstić information content (AvgIpc) is 2.70. The molecular weight excluding hydrogens is 212 g/mol. The molecule has 0 radical (unpaired) electrons. The van der Waals surface area contributed by atoms with Crippen molar-refractivity contribution in [2.75, 3.05) is 6.54 Å². The predicted octanol–water partition coefficient (Wildman–Crippen LogP) is 0.130. The van der Waals surface area contributed by atoms with Gasteiger partial charge in [0.15, 0.2) is 5.69 Å². The van der Waals surface area contributed by atoms with Crippen molar-refractivity contribution < 1.29 is 14.7 Å². The van der Waals surface area contributed by atoms with Crippen molar-refractivity contribution in [1.82, 2.24) is 20.3 Å². The number of aliphatic carboxylic acids is 1. The van der Waals surface area contributed by atoms with Crippen LogP contribution in [0.3, 0.4) is 0 Å². The van der Waals surface area contributed by atoms with Gasteiger partial charge < -0.3 is 10.0 Å². The quantitative estimate of drug-likeness (QED) is 0.760. The molecule has 0 bridgehead atoms. The first kappa shape index (κ1) is 12.2. The molecule has 7 heteroatoms. The maximum atomic E-state index is 11.9. The molecule has 0 aromatic carbocycles. The number of hydrogen-bond donors (Lipinski definition) is 2. The molecule has 7 nitrogen and oxygen atoms in total. The molecule has 1 aromatic heterocycles. The van der Waals surface area contributed by atoms with E-state index in [0.717, 1.165) is 0 Å². The largest absolute Gasteiger partial charge is 0.480 e. The van der Waals surface area contributed by atoms with E-state index in [9.17, 15) is 9.59 Å². The lowest BCUT2D eigenvalue weighted by Gasteiger charge is -2.33. The molecule has 0 saturated carbocycles. The Morgan fingerprint density at radius 3 is 2.56 bits per heavy atom. The van der Waals surface area contributed by atoms with Crippen LogP contribution in [0, 0.1) is 0 Å². The second kappa shape index (κ2) is 4.30. The minimum Gasteiger partial charge on any atom is -0.480 e. The second-order valence-corrected chi connectivity index (χ2v) is 3.77. The summed E-state index contributed by atoms with van der Waals surface area (Å²) in [5, 5.41) is 18.5. The van der Waals surface area contributed by atoms with E-state index in [4.69, 9.17) is 5.11 Å². The van der Waals surface area contributed by atoms with Crippen molar-refractivity contribution in [2.45, 2.75) is 26.3 Å². The lowest BCUT2D eigenvalue weighted by Crippen LogP contribution is -2.53. The number of carboxylic acid groups (broad SMARTS) is 1. The summed E-state index contributed by atoms with van der Waals surface area (Å²) in [5.41, 5.74) is -1.17. The number of carbonyl (C=O) groups excluding carboxylic acids is 1. The fourth-order valence-electron chi connectivity index (χ4n) is 1.35. The number of aromatic amines is 1. The van der Waals surface area contributed by atoms with Crippen molar-refractivity contribution >= 4 is 11.9 Å². The van der Waals surface area contributed by atoms with Gasteiger partial charge in [-0.2, -0.15) is 15.4 Å². The van der Waals surface area contributed by atoms with Gasteiger partial charge in [0.1, 0.15) is 5.54 Å². The Kier molecular flexibility index (Phi) is 3.26. The van der Waals surface area contributed by atoms with E-state index >= 15 is 0 Å². The van der Waals surface area contributed by atoms with Crippen LogP contribution in [0.25, 0.3) is 0 Å². The zero-order valence-electron chi connectivity index (χ0n) is 9.39. The fourth-order valence-corrected chi connectivity index (χ4v) is 1.35. The van der Waals surface area contributed by atoms with Gasteiger partial charge in [0.25, 0.3) is 5.91 Å². The Bertz CT molecular complexity index is 385. The van der Waals surface area contributed by atoms with E-state index in [1.807, 2.05) is 0 Å². The van der Waals surface area contributed by atoms with E-state index in [2.05, 4.69) is 15.4 Å². The fraction of sp³-hybridized carbons (Fsp3) is 0.556. The molecule has 2 N–H and O–H groups in total. The standard InChI is InChI=1S/C9H14N4O3/c1-4-13(9(2,3)8(15)16)7(14)6-5-10-12-11-6/h5H,4H2,1-3H3,(H,15,16)(H,10,11,12). The molecule has 1 heterocycles. The van der Waals surface area contributed by atoms with Crippen LogP contribution in [-0.2, 0) is 4.79 Å². The Morgan fingerprint density at radius 1 is 1.56 bits per heavy atom. The smallest absolute Gasteiger partial charge is 0.329 e. The highest BCUT2D eigenvalue weighted by molar-refractivity contribution is 5.95. The van der Waals surface area contributed by atoms with Gasteiger partial charge in [-0.3, -0.25) is 4.79 Å². The summed E-state index contributed by atoms with van der Waals surface area (Å²) in [7, 11) is 0. The average molecular weight is 226 g/mol. The molecule has 0 atom stereocenters. The maximum Gasteiger partial charge on any atom is 0.329 e. The van der Waals surface area contributed by atoms with E-state index in [1.165, 1.54) is 24.9 Å². The molecule has 0 aliphatic rings. The van der Waals surface area contributed by atoms with E-state index in [0.29, 0.717) is 0 Å². The number of hydrogen-bond acceptors (Lipinski definition) is 4. The molecule has 0 unspecified atom stereocenters. The number of carbonyl (C=O) groups is 2. The Hall–Kier alpha value is -1.92. The number of carboxylic acids is 1. The van der Waals surface area contributed by atoms with E-state index in [-0.39, 0.29) is 12.2 Å². The van der Waals surface area contributed by atoms with Gasteiger partial charge in [-0.15, -0.1) is 0 Å². The Balaban J connectivity index is 3.00. The van der Waals surface area contributed by atoms with Crippen LogP contribution in [0.2, 0.25) is 0 Å². The van der Waals surface area contributed by atoms with Crippen LogP contribution in [-0.4, -0.2) is 49.4 Å². The third-order valence-corrected chi connectivity index (χ3v) is 2.39. The molecule has 0 spiro atoms. The van der Waals surface area contributed by atoms with Crippen LogP contribution >= 0.6 is 0 Å². The van der Waals surface area contributed by atoms with Crippen LogP contribution in [0.1, 0.15) is 31.3 Å². The number of nitrogens with zero attached hydrogens (tertiary/aromatic N) is 3. The first-order valence-corrected chi connectivity index (χ1v) is 4.82. The van der Waals surface area contributed by atoms with Crippen molar-refractivity contribution in [3.8, 4) is 0 Å². The van der Waals surface area contributed by atoms with E-state index < -0.39 is 17.4 Å². The molecule has 1 aromatic rings. The Morgan fingerprint density at radius 2 is 2.19 bits per heavy atom. The first-order chi connectivity index (χ1) is 7.41. The number of likely N-dealkylation sites (N-methyl/N-ethyl adjacent to an activating group) is 1. The van der Waals surface area contributed by atoms with Crippen LogP contribution in [0.5, 0.6) is 0 Å². The monoisotopic (exact) mass is 226 g/mol. The summed E-state index contributed by atoms with van der Waals surface area (Å²) in [4.78, 5) is 24.2. The molecule has 16 heavy (non-hydrogen) atoms. The molecular formula is C9H14N4O3.